The van der Waals surface area contributed by atoms with Gasteiger partial charge in [0.25, 0.3) is 0 Å². The number of rotatable bonds is 4. The summed E-state index contributed by atoms with van der Waals surface area (Å²) in [6.07, 6.45) is 9.01. The fourth-order valence-electron chi connectivity index (χ4n) is 2.94. The van der Waals surface area contributed by atoms with Crippen LogP contribution in [-0.2, 0) is 4.74 Å². The first-order valence-electron chi connectivity index (χ1n) is 8.30. The largest absolute Gasteiger partial charge is 0.450 e. The normalized spacial score (nSPS) is 22.2. The number of amides is 3. The third-order valence-electron chi connectivity index (χ3n) is 4.29. The zero-order valence-electron chi connectivity index (χ0n) is 13.3. The highest BCUT2D eigenvalue weighted by atomic mass is 16.6. The van der Waals surface area contributed by atoms with E-state index < -0.39 is 0 Å². The van der Waals surface area contributed by atoms with Gasteiger partial charge in [0, 0.05) is 25.7 Å². The van der Waals surface area contributed by atoms with Gasteiger partial charge in [0.05, 0.1) is 6.61 Å². The van der Waals surface area contributed by atoms with E-state index in [1.54, 1.807) is 11.8 Å². The van der Waals surface area contributed by atoms with Crippen LogP contribution in [0.5, 0.6) is 0 Å². The van der Waals surface area contributed by atoms with Crippen molar-refractivity contribution >= 4 is 12.1 Å². The van der Waals surface area contributed by atoms with Crippen molar-refractivity contribution in [2.75, 3.05) is 26.2 Å². The first-order chi connectivity index (χ1) is 10.7. The highest BCUT2D eigenvalue weighted by Gasteiger charge is 2.24. The number of carbonyl (C=O) groups is 2. The molecular weight excluding hydrogens is 282 g/mol. The molecule has 22 heavy (non-hydrogen) atoms. The number of hydrogen-bond donors (Lipinski definition) is 2. The second-order valence-corrected chi connectivity index (χ2v) is 5.97. The number of likely N-dealkylation sites (tertiary alicyclic amines) is 1. The van der Waals surface area contributed by atoms with Crippen LogP contribution in [0.25, 0.3) is 0 Å². The fraction of sp³-hybridized carbons (Fsp3) is 0.750. The van der Waals surface area contributed by atoms with Crippen molar-refractivity contribution in [1.82, 2.24) is 15.5 Å². The van der Waals surface area contributed by atoms with E-state index in [4.69, 9.17) is 4.74 Å². The molecule has 1 aliphatic heterocycles. The van der Waals surface area contributed by atoms with E-state index in [1.165, 1.54) is 0 Å². The van der Waals surface area contributed by atoms with Gasteiger partial charge in [-0.3, -0.25) is 0 Å². The molecule has 1 saturated heterocycles. The Morgan fingerprint density at radius 3 is 2.64 bits per heavy atom. The number of hydrogen-bond acceptors (Lipinski definition) is 3. The van der Waals surface area contributed by atoms with Gasteiger partial charge in [-0.15, -0.1) is 0 Å². The van der Waals surface area contributed by atoms with Crippen LogP contribution in [-0.4, -0.2) is 49.3 Å². The highest BCUT2D eigenvalue weighted by molar-refractivity contribution is 5.74. The minimum absolute atomic E-state index is 0.0934. The Morgan fingerprint density at radius 2 is 2.00 bits per heavy atom. The van der Waals surface area contributed by atoms with Crippen molar-refractivity contribution in [1.29, 1.82) is 0 Å². The number of piperidine rings is 1. The molecule has 2 rings (SSSR count). The van der Waals surface area contributed by atoms with Crippen LogP contribution in [0.3, 0.4) is 0 Å². The Morgan fingerprint density at radius 1 is 1.23 bits per heavy atom. The summed E-state index contributed by atoms with van der Waals surface area (Å²) >= 11 is 0. The zero-order chi connectivity index (χ0) is 15.8. The van der Waals surface area contributed by atoms with Crippen LogP contribution in [0.4, 0.5) is 9.59 Å². The van der Waals surface area contributed by atoms with Crippen molar-refractivity contribution < 1.29 is 14.3 Å². The summed E-state index contributed by atoms with van der Waals surface area (Å²) in [7, 11) is 0. The molecule has 6 heteroatoms. The first-order valence-corrected chi connectivity index (χ1v) is 8.30. The second kappa shape index (κ2) is 8.66. The minimum Gasteiger partial charge on any atom is -0.450 e. The summed E-state index contributed by atoms with van der Waals surface area (Å²) in [5.74, 6) is 0.557. The molecule has 0 aromatic rings. The number of nitrogens with zero attached hydrogens (tertiary/aromatic N) is 1. The summed E-state index contributed by atoms with van der Waals surface area (Å²) < 4.78 is 4.99. The van der Waals surface area contributed by atoms with Crippen molar-refractivity contribution in [2.45, 2.75) is 45.1 Å². The second-order valence-electron chi connectivity index (χ2n) is 5.97. The molecule has 0 saturated carbocycles. The average Bonchev–Trinajstić information content (AvgIpc) is 2.55. The topological polar surface area (TPSA) is 70.7 Å². The monoisotopic (exact) mass is 309 g/mol. The zero-order valence-corrected chi connectivity index (χ0v) is 13.3. The smallest absolute Gasteiger partial charge is 0.409 e. The summed E-state index contributed by atoms with van der Waals surface area (Å²) in [5, 5.41) is 5.97. The standard InChI is InChI=1S/C16H27N3O3/c1-2-22-16(21)19-10-8-14(9-11-19)18-15(20)17-12-13-6-4-3-5-7-13/h3-4,13-14H,2,5-12H2,1H3,(H2,17,18,20). The maximum Gasteiger partial charge on any atom is 0.409 e. The van der Waals surface area contributed by atoms with E-state index in [9.17, 15) is 9.59 Å². The molecule has 0 aromatic carbocycles. The number of ether oxygens (including phenoxy) is 1. The lowest BCUT2D eigenvalue weighted by Crippen LogP contribution is -2.49. The van der Waals surface area contributed by atoms with E-state index in [1.807, 2.05) is 0 Å². The van der Waals surface area contributed by atoms with Gasteiger partial charge in [0.2, 0.25) is 0 Å². The molecule has 6 nitrogen and oxygen atoms in total. The SMILES string of the molecule is CCOC(=O)N1CCC(NC(=O)NCC2CC=CCC2)CC1. The molecule has 2 N–H and O–H groups in total. The fourth-order valence-corrected chi connectivity index (χ4v) is 2.94. The van der Waals surface area contributed by atoms with Crippen LogP contribution in [0.15, 0.2) is 12.2 Å². The van der Waals surface area contributed by atoms with Crippen LogP contribution >= 0.6 is 0 Å². The van der Waals surface area contributed by atoms with Crippen molar-refractivity contribution in [3.8, 4) is 0 Å². The summed E-state index contributed by atoms with van der Waals surface area (Å²) in [6.45, 7) is 4.21. The van der Waals surface area contributed by atoms with Crippen LogP contribution < -0.4 is 10.6 Å². The summed E-state index contributed by atoms with van der Waals surface area (Å²) in [5.41, 5.74) is 0. The van der Waals surface area contributed by atoms with Gasteiger partial charge in [-0.05, 0) is 44.9 Å². The lowest BCUT2D eigenvalue weighted by molar-refractivity contribution is 0.0957. The number of carbonyl (C=O) groups excluding carboxylic acids is 2. The first kappa shape index (κ1) is 16.6. The molecule has 0 spiro atoms. The van der Waals surface area contributed by atoms with Gasteiger partial charge >= 0.3 is 12.1 Å². The highest BCUT2D eigenvalue weighted by Crippen LogP contribution is 2.17. The molecule has 2 aliphatic rings. The quantitative estimate of drug-likeness (QED) is 0.783. The minimum atomic E-state index is -0.254. The lowest BCUT2D eigenvalue weighted by atomic mass is 9.94. The third kappa shape index (κ3) is 5.24. The molecule has 1 unspecified atom stereocenters. The molecule has 0 aromatic heterocycles. The molecule has 3 amide bonds. The van der Waals surface area contributed by atoms with E-state index >= 15 is 0 Å². The van der Waals surface area contributed by atoms with Gasteiger partial charge in [-0.2, -0.15) is 0 Å². The molecule has 0 bridgehead atoms. The predicted molar refractivity (Wildman–Crippen MR) is 84.6 cm³/mol. The van der Waals surface area contributed by atoms with Gasteiger partial charge in [0.15, 0.2) is 0 Å². The Hall–Kier alpha value is -1.72. The molecule has 0 radical (unpaired) electrons. The van der Waals surface area contributed by atoms with Crippen molar-refractivity contribution in [3.05, 3.63) is 12.2 Å². The van der Waals surface area contributed by atoms with Gasteiger partial charge in [-0.1, -0.05) is 12.2 Å². The number of nitrogens with one attached hydrogen (secondary N) is 2. The van der Waals surface area contributed by atoms with Crippen molar-refractivity contribution in [3.63, 3.8) is 0 Å². The Labute approximate surface area is 132 Å². The van der Waals surface area contributed by atoms with E-state index in [0.29, 0.717) is 25.6 Å². The van der Waals surface area contributed by atoms with E-state index in [0.717, 1.165) is 38.6 Å². The molecule has 1 atom stereocenters. The molecule has 1 heterocycles. The van der Waals surface area contributed by atoms with Crippen LogP contribution in [0.2, 0.25) is 0 Å². The Bertz CT molecular complexity index is 403. The number of urea groups is 1. The number of allylic oxidation sites excluding steroid dienone is 2. The average molecular weight is 309 g/mol. The van der Waals surface area contributed by atoms with E-state index in [-0.39, 0.29) is 18.2 Å². The predicted octanol–water partition coefficient (Wildman–Crippen LogP) is 2.26. The molecule has 1 fully saturated rings. The summed E-state index contributed by atoms with van der Waals surface area (Å²) in [4.78, 5) is 25.2. The van der Waals surface area contributed by atoms with Gasteiger partial charge in [0.1, 0.15) is 0 Å². The maximum atomic E-state index is 11.9. The molecule has 1 aliphatic carbocycles. The molecular formula is C16H27N3O3. The third-order valence-corrected chi connectivity index (χ3v) is 4.29. The Kier molecular flexibility index (Phi) is 6.55. The Balaban J connectivity index is 1.62. The maximum absolute atomic E-state index is 11.9. The lowest BCUT2D eigenvalue weighted by Gasteiger charge is -2.31. The van der Waals surface area contributed by atoms with Gasteiger partial charge < -0.3 is 20.3 Å². The molecule has 124 valence electrons. The van der Waals surface area contributed by atoms with Crippen LogP contribution in [0, 0.1) is 5.92 Å². The van der Waals surface area contributed by atoms with Crippen LogP contribution in [0.1, 0.15) is 39.0 Å². The summed E-state index contributed by atoms with van der Waals surface area (Å²) in [6, 6.07) is 0.0427. The van der Waals surface area contributed by atoms with Crippen molar-refractivity contribution in [2.24, 2.45) is 5.92 Å². The van der Waals surface area contributed by atoms with E-state index in [2.05, 4.69) is 22.8 Å². The van der Waals surface area contributed by atoms with Gasteiger partial charge in [-0.25, -0.2) is 9.59 Å².